The minimum atomic E-state index is 0. The van der Waals surface area contributed by atoms with Crippen LogP contribution in [0.2, 0.25) is 0 Å². The number of benzene rings is 6. The van der Waals surface area contributed by atoms with Gasteiger partial charge in [-0.3, -0.25) is 4.79 Å². The maximum absolute atomic E-state index is 11.7. The first-order valence-corrected chi connectivity index (χ1v) is 27.7. The molecule has 3 fully saturated rings. The zero-order valence-electron chi connectivity index (χ0n) is 48.7. The second-order valence-corrected chi connectivity index (χ2v) is 20.8. The summed E-state index contributed by atoms with van der Waals surface area (Å²) in [5, 5.41) is 9.91. The molecule has 84 heavy (non-hydrogen) atoms. The zero-order valence-corrected chi connectivity index (χ0v) is 49.7. The molecule has 0 amide bonds. The Kier molecular flexibility index (Phi) is 23.3. The third-order valence-corrected chi connectivity index (χ3v) is 14.8. The van der Waals surface area contributed by atoms with Gasteiger partial charge in [0.05, 0.1) is 32.8 Å². The van der Waals surface area contributed by atoms with Crippen LogP contribution in [-0.2, 0) is 6.61 Å². The van der Waals surface area contributed by atoms with Crippen LogP contribution in [0.15, 0.2) is 201 Å². The number of hydrogen-bond acceptors (Lipinski definition) is 11. The van der Waals surface area contributed by atoms with Gasteiger partial charge in [-0.2, -0.15) is 0 Å². The van der Waals surface area contributed by atoms with Crippen molar-refractivity contribution < 1.29 is 55.1 Å². The number of rotatable bonds is 14. The molecule has 6 heterocycles. The molecule has 3 aliphatic rings. The van der Waals surface area contributed by atoms with Crippen LogP contribution in [0.1, 0.15) is 60.7 Å². The minimum absolute atomic E-state index is 0. The van der Waals surface area contributed by atoms with Gasteiger partial charge in [0.2, 0.25) is 23.3 Å². The Labute approximate surface area is 521 Å². The number of hydrogen-bond donors (Lipinski definition) is 1. The summed E-state index contributed by atoms with van der Waals surface area (Å²) in [6.07, 6.45) is 9.46. The Morgan fingerprint density at radius 3 is 1.26 bits per heavy atom. The maximum Gasteiger partial charge on any atom is 1.00 e. The van der Waals surface area contributed by atoms with Crippen molar-refractivity contribution in [2.45, 2.75) is 72.4 Å². The SMILES string of the molecule is C.Cc1ccc(O[C@H]2CCN(c3ccc(-c4ccccc4)cc3C=O)C2)nc1.Cc1ccc(O[C@H]2CCN(c3ccc(-c4ccccc4)cc3CO)C2)nc1.[B].[C-]#[N+]c1cc(-c2ccccc2)ccc1N1CC[C@H](Oc2ccc(C)cn2)C1.[H-].[Na+]. The third-order valence-electron chi connectivity index (χ3n) is 14.8. The van der Waals surface area contributed by atoms with Crippen LogP contribution >= 0.6 is 0 Å². The molecular formula is C70H72BN7NaO5. The molecule has 0 spiro atoms. The van der Waals surface area contributed by atoms with Gasteiger partial charge in [0.25, 0.3) is 0 Å². The van der Waals surface area contributed by atoms with Crippen LogP contribution in [0.4, 0.5) is 22.7 Å². The molecule has 3 aliphatic heterocycles. The van der Waals surface area contributed by atoms with Gasteiger partial charge in [-0.25, -0.2) is 19.8 Å². The monoisotopic (exact) mass is 1120 g/mol. The molecule has 14 heteroatoms. The van der Waals surface area contributed by atoms with Crippen LogP contribution in [0.25, 0.3) is 38.2 Å². The van der Waals surface area contributed by atoms with Crippen molar-refractivity contribution in [3.05, 3.63) is 240 Å². The first-order chi connectivity index (χ1) is 39.7. The summed E-state index contributed by atoms with van der Waals surface area (Å²) in [6, 6.07) is 60.8. The molecule has 6 aromatic carbocycles. The summed E-state index contributed by atoms with van der Waals surface area (Å²) in [6.45, 7) is 18.6. The Morgan fingerprint density at radius 2 is 0.881 bits per heavy atom. The molecule has 3 atom stereocenters. The van der Waals surface area contributed by atoms with E-state index in [0.717, 1.165) is 138 Å². The number of anilines is 3. The number of aryl methyl sites for hydroxylation is 3. The van der Waals surface area contributed by atoms with E-state index >= 15 is 0 Å². The van der Waals surface area contributed by atoms with Crippen LogP contribution in [-0.4, -0.2) is 92.3 Å². The normalized spacial score (nSPS) is 15.8. The first-order valence-electron chi connectivity index (χ1n) is 27.7. The second-order valence-electron chi connectivity index (χ2n) is 20.8. The molecule has 1 N–H and O–H groups in total. The number of carbonyl (C=O) groups is 1. The number of ether oxygens (including phenoxy) is 3. The molecule has 0 aliphatic carbocycles. The van der Waals surface area contributed by atoms with Gasteiger partial charge < -0.3 is 35.4 Å². The molecule has 9 aromatic rings. The predicted molar refractivity (Wildman–Crippen MR) is 337 cm³/mol. The molecule has 12 nitrogen and oxygen atoms in total. The van der Waals surface area contributed by atoms with E-state index in [0.29, 0.717) is 28.9 Å². The van der Waals surface area contributed by atoms with Crippen molar-refractivity contribution in [2.75, 3.05) is 54.0 Å². The van der Waals surface area contributed by atoms with Crippen molar-refractivity contribution in [1.82, 2.24) is 15.0 Å². The smallest absolute Gasteiger partial charge is 1.00 e. The van der Waals surface area contributed by atoms with E-state index in [9.17, 15) is 9.90 Å². The number of aromatic nitrogens is 3. The van der Waals surface area contributed by atoms with E-state index in [1.165, 1.54) is 0 Å². The molecule has 3 radical (unpaired) electrons. The van der Waals surface area contributed by atoms with Gasteiger partial charge in [0.1, 0.15) is 18.3 Å². The summed E-state index contributed by atoms with van der Waals surface area (Å²) < 4.78 is 18.1. The van der Waals surface area contributed by atoms with Crippen molar-refractivity contribution in [3.63, 3.8) is 0 Å². The van der Waals surface area contributed by atoms with Crippen molar-refractivity contribution >= 4 is 37.4 Å². The van der Waals surface area contributed by atoms with Crippen LogP contribution in [0.3, 0.4) is 0 Å². The first kappa shape index (κ1) is 63.3. The molecule has 0 unspecified atom stereocenters. The average molecular weight is 1130 g/mol. The number of nitrogens with zero attached hydrogens (tertiary/aromatic N) is 7. The van der Waals surface area contributed by atoms with Crippen molar-refractivity contribution in [3.8, 4) is 51.0 Å². The van der Waals surface area contributed by atoms with Gasteiger partial charge in [-0.05, 0) is 107 Å². The van der Waals surface area contributed by atoms with Crippen molar-refractivity contribution in [1.29, 1.82) is 0 Å². The fraction of sp³-hybridized carbons (Fsp3) is 0.243. The van der Waals surface area contributed by atoms with Gasteiger partial charge in [-0.1, -0.05) is 135 Å². The van der Waals surface area contributed by atoms with E-state index in [1.807, 2.05) is 149 Å². The Morgan fingerprint density at radius 1 is 0.512 bits per heavy atom. The summed E-state index contributed by atoms with van der Waals surface area (Å²) in [5.41, 5.74) is 15.4. The number of aliphatic hydroxyl groups is 1. The molecule has 12 rings (SSSR count). The minimum Gasteiger partial charge on any atom is -1.00 e. The predicted octanol–water partition coefficient (Wildman–Crippen LogP) is 11.4. The number of carbonyl (C=O) groups excluding carboxylic acids is 1. The molecule has 421 valence electrons. The molecular weight excluding hydrogens is 1050 g/mol. The van der Waals surface area contributed by atoms with Crippen LogP contribution < -0.4 is 58.5 Å². The Hall–Kier alpha value is -8.25. The zero-order chi connectivity index (χ0) is 55.9. The summed E-state index contributed by atoms with van der Waals surface area (Å²) in [7, 11) is 0. The van der Waals surface area contributed by atoms with Gasteiger partial charge >= 0.3 is 29.6 Å². The molecule has 0 bridgehead atoms. The van der Waals surface area contributed by atoms with Gasteiger partial charge in [0, 0.05) is 112 Å². The van der Waals surface area contributed by atoms with E-state index in [4.69, 9.17) is 20.8 Å². The number of pyridine rings is 3. The van der Waals surface area contributed by atoms with Crippen LogP contribution in [0.5, 0.6) is 17.6 Å². The number of aldehydes is 1. The topological polar surface area (TPSA) is 118 Å². The van der Waals surface area contributed by atoms with E-state index in [2.05, 4.69) is 107 Å². The quantitative estimate of drug-likeness (QED) is 0.0637. The van der Waals surface area contributed by atoms with E-state index < -0.39 is 0 Å². The second kappa shape index (κ2) is 30.9. The van der Waals surface area contributed by atoms with Crippen LogP contribution in [0, 0.1) is 27.3 Å². The van der Waals surface area contributed by atoms with E-state index in [-0.39, 0.29) is 71.7 Å². The summed E-state index contributed by atoms with van der Waals surface area (Å²) in [4.78, 5) is 35.2. The van der Waals surface area contributed by atoms with Crippen molar-refractivity contribution in [2.24, 2.45) is 0 Å². The van der Waals surface area contributed by atoms with E-state index in [1.54, 1.807) is 0 Å². The summed E-state index contributed by atoms with van der Waals surface area (Å²) in [5.74, 6) is 1.99. The summed E-state index contributed by atoms with van der Waals surface area (Å²) >= 11 is 0. The largest absolute Gasteiger partial charge is 1.00 e. The fourth-order valence-electron chi connectivity index (χ4n) is 10.5. The Balaban J connectivity index is 0.000000200. The molecule has 0 saturated carbocycles. The fourth-order valence-corrected chi connectivity index (χ4v) is 10.5. The van der Waals surface area contributed by atoms with Gasteiger partial charge in [0.15, 0.2) is 6.29 Å². The molecule has 3 aromatic heterocycles. The third kappa shape index (κ3) is 16.5. The Bertz CT molecular complexity index is 3550. The number of aliphatic hydroxyl groups excluding tert-OH is 1. The molecule has 3 saturated heterocycles. The van der Waals surface area contributed by atoms with Gasteiger partial charge in [-0.15, -0.1) is 0 Å². The standard InChI is InChI=1S/C23H21N3O.C23H24N2O2.C23H22N2O2.CH4.B.Na.H/c1-17-8-11-23(25-15-17)27-20-12-13-26(16-20)22-10-9-19(14-21(22)24-2)18-6-4-3-5-7-18;2*1-17-7-10-23(24-14-17)27-21-11-12-25(15-21)22-9-8-19(13-20(22)16-26)18-5-3-2-4-6-18;;;;/h3-11,14-15,20H,12-13,16H2,1H3;2-10,13-14,21,26H,11-12,15-16H2,1H3;2-10,13-14,16,21H,11-12,15H2,1H3;1H4;;;/q;;;;;+1;-1/t20-;2*21-;;;;/m000..../s1. The maximum atomic E-state index is 11.7. The average Bonchev–Trinajstić information content (AvgIpc) is 4.46.